The number of hydrogen-bond donors (Lipinski definition) is 1. The number of thiazole rings is 1. The van der Waals surface area contributed by atoms with Crippen LogP contribution in [0.3, 0.4) is 0 Å². The van der Waals surface area contributed by atoms with Crippen molar-refractivity contribution in [2.45, 2.75) is 6.42 Å². The Morgan fingerprint density at radius 2 is 2.32 bits per heavy atom. The van der Waals surface area contributed by atoms with E-state index in [2.05, 4.69) is 10.4 Å². The van der Waals surface area contributed by atoms with Crippen molar-refractivity contribution in [1.82, 2.24) is 15.4 Å². The summed E-state index contributed by atoms with van der Waals surface area (Å²) >= 11 is 8.50. The normalized spacial score (nSPS) is 15.2. The molecule has 0 saturated carbocycles. The lowest BCUT2D eigenvalue weighted by Crippen LogP contribution is -2.43. The maximum absolute atomic E-state index is 11.5. The van der Waals surface area contributed by atoms with E-state index in [0.717, 1.165) is 15.2 Å². The molecule has 1 aliphatic heterocycles. The van der Waals surface area contributed by atoms with Gasteiger partial charge in [0.15, 0.2) is 0 Å². The van der Waals surface area contributed by atoms with Crippen molar-refractivity contribution in [1.29, 1.82) is 0 Å². The van der Waals surface area contributed by atoms with E-state index >= 15 is 0 Å². The molecule has 19 heavy (non-hydrogen) atoms. The van der Waals surface area contributed by atoms with Crippen LogP contribution < -0.4 is 5.43 Å². The smallest absolute Gasteiger partial charge is 0.251 e. The van der Waals surface area contributed by atoms with Gasteiger partial charge in [0, 0.05) is 0 Å². The first-order chi connectivity index (χ1) is 9.22. The van der Waals surface area contributed by atoms with Gasteiger partial charge in [0.2, 0.25) is 0 Å². The number of nitrogens with one attached hydrogen (secondary N) is 1. The van der Waals surface area contributed by atoms with Gasteiger partial charge in [-0.15, -0.1) is 23.1 Å². The number of carbonyl (C=O) groups is 1. The minimum Gasteiger partial charge on any atom is -0.288 e. The molecule has 1 aliphatic rings. The van der Waals surface area contributed by atoms with E-state index in [1.54, 1.807) is 28.1 Å². The summed E-state index contributed by atoms with van der Waals surface area (Å²) < 4.78 is 1.16. The molecule has 0 bridgehead atoms. The number of fused-ring (bicyclic) bond motifs is 1. The van der Waals surface area contributed by atoms with E-state index in [1.165, 1.54) is 0 Å². The van der Waals surface area contributed by atoms with E-state index in [-0.39, 0.29) is 5.91 Å². The zero-order valence-corrected chi connectivity index (χ0v) is 12.4. The minimum absolute atomic E-state index is 0.0802. The second kappa shape index (κ2) is 5.44. The highest BCUT2D eigenvalue weighted by molar-refractivity contribution is 8.00. The summed E-state index contributed by atoms with van der Waals surface area (Å²) in [6.07, 6.45) is 0.573. The molecular formula is C12H11N3OS3. The Hall–Kier alpha value is -1.18. The molecule has 0 atom stereocenters. The van der Waals surface area contributed by atoms with Gasteiger partial charge in [-0.05, 0) is 12.1 Å². The molecule has 98 valence electrons. The zero-order valence-electron chi connectivity index (χ0n) is 9.96. The summed E-state index contributed by atoms with van der Waals surface area (Å²) in [6, 6.07) is 8.02. The van der Waals surface area contributed by atoms with Crippen molar-refractivity contribution in [3.63, 3.8) is 0 Å². The number of thioether (sulfide) groups is 1. The predicted molar refractivity (Wildman–Crippen MR) is 83.2 cm³/mol. The fraction of sp³-hybridized carbons (Fsp3) is 0.250. The first-order valence-electron chi connectivity index (χ1n) is 5.74. The summed E-state index contributed by atoms with van der Waals surface area (Å²) in [4.78, 5) is 16.6. The molecule has 0 unspecified atom stereocenters. The highest BCUT2D eigenvalue weighted by Gasteiger charge is 2.21. The van der Waals surface area contributed by atoms with Gasteiger partial charge in [0.1, 0.15) is 10.00 Å². The number of carbonyl (C=O) groups excluding carboxylic acids is 1. The third-order valence-corrected chi connectivity index (χ3v) is 4.82. The van der Waals surface area contributed by atoms with Crippen molar-refractivity contribution < 1.29 is 4.79 Å². The van der Waals surface area contributed by atoms with Crippen molar-refractivity contribution in [3.05, 3.63) is 29.3 Å². The third kappa shape index (κ3) is 2.88. The molecule has 7 heteroatoms. The van der Waals surface area contributed by atoms with Crippen LogP contribution >= 0.6 is 35.3 Å². The number of thiocarbonyl (C=S) groups is 1. The molecule has 1 saturated heterocycles. The molecule has 4 nitrogen and oxygen atoms in total. The van der Waals surface area contributed by atoms with E-state index in [4.69, 9.17) is 12.2 Å². The van der Waals surface area contributed by atoms with Crippen LogP contribution in [0.4, 0.5) is 0 Å². The Balaban J connectivity index is 1.67. The van der Waals surface area contributed by atoms with Gasteiger partial charge in [0.25, 0.3) is 5.91 Å². The van der Waals surface area contributed by atoms with Crippen LogP contribution in [0.15, 0.2) is 24.3 Å². The Kier molecular flexibility index (Phi) is 3.67. The molecular weight excluding hydrogens is 298 g/mol. The first-order valence-corrected chi connectivity index (χ1v) is 8.12. The van der Waals surface area contributed by atoms with Crippen LogP contribution in [0.25, 0.3) is 10.2 Å². The fourth-order valence-corrected chi connectivity index (χ4v) is 3.92. The molecule has 1 amide bonds. The standard InChI is InChI=1S/C12H11N3OS3/c16-12-6-18-7-15(12)14-10(17)5-11-13-8-3-1-2-4-9(8)19-11/h1-4H,5-7H2,(H,14,17). The predicted octanol–water partition coefficient (Wildman–Crippen LogP) is 2.20. The SMILES string of the molecule is O=C1CSCN1NC(=S)Cc1nc2ccccc2s1. The maximum atomic E-state index is 11.5. The lowest BCUT2D eigenvalue weighted by atomic mass is 10.3. The Bertz CT molecular complexity index is 607. The Morgan fingerprint density at radius 1 is 1.47 bits per heavy atom. The number of aromatic nitrogens is 1. The van der Waals surface area contributed by atoms with E-state index in [1.807, 2.05) is 24.3 Å². The summed E-state index contributed by atoms with van der Waals surface area (Å²) in [5.74, 6) is 1.26. The van der Waals surface area contributed by atoms with Crippen LogP contribution in [-0.4, -0.2) is 32.5 Å². The van der Waals surface area contributed by atoms with Crippen LogP contribution in [0.1, 0.15) is 5.01 Å². The summed E-state index contributed by atoms with van der Waals surface area (Å²) in [5.41, 5.74) is 3.98. The fourth-order valence-electron chi connectivity index (χ4n) is 1.79. The second-order valence-corrected chi connectivity index (χ2v) is 6.65. The van der Waals surface area contributed by atoms with Crippen molar-refractivity contribution >= 4 is 56.4 Å². The van der Waals surface area contributed by atoms with Gasteiger partial charge >= 0.3 is 0 Å². The van der Waals surface area contributed by atoms with E-state index in [0.29, 0.717) is 23.0 Å². The Labute approximate surface area is 124 Å². The molecule has 0 aliphatic carbocycles. The number of hydrazine groups is 1. The number of nitrogens with zero attached hydrogens (tertiary/aromatic N) is 2. The van der Waals surface area contributed by atoms with Gasteiger partial charge in [-0.3, -0.25) is 10.2 Å². The van der Waals surface area contributed by atoms with Gasteiger partial charge in [-0.2, -0.15) is 0 Å². The summed E-state index contributed by atoms with van der Waals surface area (Å²) in [7, 11) is 0. The average molecular weight is 309 g/mol. The zero-order chi connectivity index (χ0) is 13.2. The summed E-state index contributed by atoms with van der Waals surface area (Å²) in [5, 5.41) is 2.54. The molecule has 2 aromatic rings. The van der Waals surface area contributed by atoms with Crippen molar-refractivity contribution in [2.24, 2.45) is 0 Å². The molecule has 0 radical (unpaired) electrons. The molecule has 1 fully saturated rings. The van der Waals surface area contributed by atoms with Crippen LogP contribution in [-0.2, 0) is 11.2 Å². The number of para-hydroxylation sites is 1. The molecule has 1 N–H and O–H groups in total. The molecule has 2 heterocycles. The van der Waals surface area contributed by atoms with Gasteiger partial charge in [-0.1, -0.05) is 24.4 Å². The Morgan fingerprint density at radius 3 is 3.05 bits per heavy atom. The highest BCUT2D eigenvalue weighted by Crippen LogP contribution is 2.22. The van der Waals surface area contributed by atoms with Gasteiger partial charge in [-0.25, -0.2) is 9.99 Å². The van der Waals surface area contributed by atoms with E-state index < -0.39 is 0 Å². The van der Waals surface area contributed by atoms with Crippen LogP contribution in [0.2, 0.25) is 0 Å². The van der Waals surface area contributed by atoms with Gasteiger partial charge in [0.05, 0.1) is 28.3 Å². The largest absolute Gasteiger partial charge is 0.288 e. The third-order valence-electron chi connectivity index (χ3n) is 2.66. The monoisotopic (exact) mass is 309 g/mol. The van der Waals surface area contributed by atoms with Crippen molar-refractivity contribution in [2.75, 3.05) is 11.6 Å². The molecule has 3 rings (SSSR count). The lowest BCUT2D eigenvalue weighted by Gasteiger charge is -2.17. The lowest BCUT2D eigenvalue weighted by molar-refractivity contribution is -0.128. The first kappa shape index (κ1) is 12.8. The quantitative estimate of drug-likeness (QED) is 0.881. The van der Waals surface area contributed by atoms with Crippen LogP contribution in [0.5, 0.6) is 0 Å². The number of hydrogen-bond acceptors (Lipinski definition) is 5. The van der Waals surface area contributed by atoms with Gasteiger partial charge < -0.3 is 0 Å². The second-order valence-electron chi connectivity index (χ2n) is 4.09. The van der Waals surface area contributed by atoms with Crippen molar-refractivity contribution in [3.8, 4) is 0 Å². The van der Waals surface area contributed by atoms with Crippen LogP contribution in [0, 0.1) is 0 Å². The minimum atomic E-state index is 0.0802. The number of benzene rings is 1. The number of amides is 1. The number of rotatable bonds is 3. The molecule has 1 aromatic carbocycles. The topological polar surface area (TPSA) is 45.2 Å². The average Bonchev–Trinajstić information content (AvgIpc) is 2.95. The molecule has 0 spiro atoms. The maximum Gasteiger partial charge on any atom is 0.251 e. The molecule has 1 aromatic heterocycles. The highest BCUT2D eigenvalue weighted by atomic mass is 32.2. The summed E-state index contributed by atoms with van der Waals surface area (Å²) in [6.45, 7) is 0. The van der Waals surface area contributed by atoms with E-state index in [9.17, 15) is 4.79 Å².